The maximum absolute atomic E-state index is 8.72. The molecule has 1 heterocycles. The number of nitrogens with zero attached hydrogens (tertiary/aromatic N) is 2. The average Bonchev–Trinajstić information content (AvgIpc) is 2.62. The van der Waals surface area contributed by atoms with Gasteiger partial charge < -0.3 is 4.42 Å². The molecule has 0 aliphatic heterocycles. The van der Waals surface area contributed by atoms with Crippen LogP contribution in [0.5, 0.6) is 0 Å². The summed E-state index contributed by atoms with van der Waals surface area (Å²) in [5, 5.41) is 8.72. The third kappa shape index (κ3) is 1.40. The Morgan fingerprint density at radius 2 is 2.36 bits per heavy atom. The summed E-state index contributed by atoms with van der Waals surface area (Å²) in [6, 6.07) is 7.72. The molecule has 70 valence electrons. The highest BCUT2D eigenvalue weighted by atomic mass is 79.9. The van der Waals surface area contributed by atoms with Crippen LogP contribution in [0.15, 0.2) is 27.1 Å². The lowest BCUT2D eigenvalue weighted by Gasteiger charge is -1.91. The van der Waals surface area contributed by atoms with E-state index in [-0.39, 0.29) is 5.92 Å². The Hall–Kier alpha value is -1.34. The molecule has 0 spiro atoms. The van der Waals surface area contributed by atoms with E-state index in [0.29, 0.717) is 11.5 Å². The Morgan fingerprint density at radius 1 is 1.57 bits per heavy atom. The molecule has 1 aromatic carbocycles. The van der Waals surface area contributed by atoms with Gasteiger partial charge in [0, 0.05) is 0 Å². The molecule has 0 radical (unpaired) electrons. The van der Waals surface area contributed by atoms with Crippen molar-refractivity contribution in [2.45, 2.75) is 12.8 Å². The van der Waals surface area contributed by atoms with E-state index in [1.165, 1.54) is 0 Å². The van der Waals surface area contributed by atoms with Gasteiger partial charge in [-0.25, -0.2) is 4.98 Å². The van der Waals surface area contributed by atoms with Crippen LogP contribution in [-0.4, -0.2) is 4.98 Å². The van der Waals surface area contributed by atoms with E-state index in [9.17, 15) is 0 Å². The number of oxazole rings is 1. The first-order chi connectivity index (χ1) is 6.72. The molecule has 0 fully saturated rings. The first kappa shape index (κ1) is 9.22. The number of hydrogen-bond acceptors (Lipinski definition) is 3. The van der Waals surface area contributed by atoms with Crippen molar-refractivity contribution in [1.82, 2.24) is 4.98 Å². The lowest BCUT2D eigenvalue weighted by Crippen LogP contribution is -1.87. The van der Waals surface area contributed by atoms with Crippen LogP contribution >= 0.6 is 15.9 Å². The molecule has 3 nitrogen and oxygen atoms in total. The first-order valence-corrected chi connectivity index (χ1v) is 4.96. The number of halogens is 1. The zero-order valence-electron chi connectivity index (χ0n) is 7.49. The highest BCUT2D eigenvalue weighted by Gasteiger charge is 2.13. The van der Waals surface area contributed by atoms with Crippen molar-refractivity contribution < 1.29 is 4.42 Å². The van der Waals surface area contributed by atoms with Gasteiger partial charge in [-0.2, -0.15) is 5.26 Å². The quantitative estimate of drug-likeness (QED) is 0.781. The fraction of sp³-hybridized carbons (Fsp3) is 0.200. The zero-order chi connectivity index (χ0) is 10.1. The summed E-state index contributed by atoms with van der Waals surface area (Å²) >= 11 is 3.36. The second-order valence-electron chi connectivity index (χ2n) is 2.99. The van der Waals surface area contributed by atoms with Crippen LogP contribution in [0, 0.1) is 11.3 Å². The van der Waals surface area contributed by atoms with Crippen molar-refractivity contribution in [3.05, 3.63) is 28.6 Å². The van der Waals surface area contributed by atoms with Gasteiger partial charge in [-0.15, -0.1) is 0 Å². The van der Waals surface area contributed by atoms with E-state index < -0.39 is 0 Å². The van der Waals surface area contributed by atoms with Crippen LogP contribution in [0.4, 0.5) is 0 Å². The monoisotopic (exact) mass is 250 g/mol. The van der Waals surface area contributed by atoms with Crippen LogP contribution < -0.4 is 0 Å². The van der Waals surface area contributed by atoms with Gasteiger partial charge >= 0.3 is 0 Å². The van der Waals surface area contributed by atoms with E-state index in [4.69, 9.17) is 9.68 Å². The van der Waals surface area contributed by atoms with Crippen LogP contribution in [0.3, 0.4) is 0 Å². The Morgan fingerprint density at radius 3 is 3.00 bits per heavy atom. The number of fused-ring (bicyclic) bond motifs is 1. The van der Waals surface area contributed by atoms with E-state index in [0.717, 1.165) is 9.99 Å². The third-order valence-electron chi connectivity index (χ3n) is 1.95. The topological polar surface area (TPSA) is 49.8 Å². The molecule has 0 saturated carbocycles. The maximum Gasteiger partial charge on any atom is 0.212 e. The van der Waals surface area contributed by atoms with Gasteiger partial charge in [0.05, 0.1) is 10.5 Å². The van der Waals surface area contributed by atoms with Gasteiger partial charge in [0.1, 0.15) is 11.4 Å². The summed E-state index contributed by atoms with van der Waals surface area (Å²) in [6.07, 6.45) is 0. The number of hydrogen-bond donors (Lipinski definition) is 0. The molecule has 0 N–H and O–H groups in total. The van der Waals surface area contributed by atoms with E-state index in [1.807, 2.05) is 18.2 Å². The standard InChI is InChI=1S/C10H7BrN2O/c1-6(5-12)10-13-8-4-2-3-7(11)9(8)14-10/h2-4,6H,1H3. The molecular weight excluding hydrogens is 244 g/mol. The second-order valence-corrected chi connectivity index (χ2v) is 3.85. The highest BCUT2D eigenvalue weighted by Crippen LogP contribution is 2.26. The van der Waals surface area contributed by atoms with Crippen LogP contribution in [0.2, 0.25) is 0 Å². The van der Waals surface area contributed by atoms with Crippen molar-refractivity contribution in [2.75, 3.05) is 0 Å². The molecule has 2 aromatic rings. The van der Waals surface area contributed by atoms with Crippen molar-refractivity contribution in [3.63, 3.8) is 0 Å². The molecule has 0 amide bonds. The van der Waals surface area contributed by atoms with Crippen molar-refractivity contribution in [3.8, 4) is 6.07 Å². The third-order valence-corrected chi connectivity index (χ3v) is 2.57. The minimum atomic E-state index is -0.311. The molecule has 14 heavy (non-hydrogen) atoms. The average molecular weight is 251 g/mol. The van der Waals surface area contributed by atoms with Gasteiger partial charge in [-0.3, -0.25) is 0 Å². The fourth-order valence-electron chi connectivity index (χ4n) is 1.17. The summed E-state index contributed by atoms with van der Waals surface area (Å²) in [7, 11) is 0. The summed E-state index contributed by atoms with van der Waals surface area (Å²) in [5.41, 5.74) is 1.47. The van der Waals surface area contributed by atoms with Crippen molar-refractivity contribution >= 4 is 27.0 Å². The Bertz CT molecular complexity index is 512. The molecule has 4 heteroatoms. The highest BCUT2D eigenvalue weighted by molar-refractivity contribution is 9.10. The minimum absolute atomic E-state index is 0.311. The molecule has 1 aromatic heterocycles. The lowest BCUT2D eigenvalue weighted by atomic mass is 10.2. The second kappa shape index (κ2) is 3.43. The van der Waals surface area contributed by atoms with Crippen LogP contribution in [-0.2, 0) is 0 Å². The molecule has 0 aliphatic rings. The van der Waals surface area contributed by atoms with Crippen molar-refractivity contribution in [2.24, 2.45) is 0 Å². The van der Waals surface area contributed by atoms with Gasteiger partial charge in [0.25, 0.3) is 0 Å². The van der Waals surface area contributed by atoms with E-state index in [1.54, 1.807) is 6.92 Å². The number of nitriles is 1. The smallest absolute Gasteiger partial charge is 0.212 e. The van der Waals surface area contributed by atoms with Gasteiger partial charge in [-0.1, -0.05) is 6.07 Å². The molecule has 1 atom stereocenters. The first-order valence-electron chi connectivity index (χ1n) is 4.17. The Kier molecular flexibility index (Phi) is 2.26. The molecule has 2 rings (SSSR count). The number of aromatic nitrogens is 1. The summed E-state index contributed by atoms with van der Waals surface area (Å²) in [5.74, 6) is 0.156. The van der Waals surface area contributed by atoms with Gasteiger partial charge in [0.15, 0.2) is 5.58 Å². The van der Waals surface area contributed by atoms with Crippen LogP contribution in [0.25, 0.3) is 11.1 Å². The molecule has 0 bridgehead atoms. The summed E-state index contributed by atoms with van der Waals surface area (Å²) in [6.45, 7) is 1.76. The summed E-state index contributed by atoms with van der Waals surface area (Å²) in [4.78, 5) is 4.23. The van der Waals surface area contributed by atoms with Crippen molar-refractivity contribution in [1.29, 1.82) is 5.26 Å². The van der Waals surface area contributed by atoms with E-state index >= 15 is 0 Å². The number of benzene rings is 1. The molecule has 0 saturated heterocycles. The van der Waals surface area contributed by atoms with Crippen LogP contribution in [0.1, 0.15) is 18.7 Å². The van der Waals surface area contributed by atoms with E-state index in [2.05, 4.69) is 27.0 Å². The Balaban J connectivity index is 2.64. The number of rotatable bonds is 1. The zero-order valence-corrected chi connectivity index (χ0v) is 9.08. The van der Waals surface area contributed by atoms with Gasteiger partial charge in [-0.05, 0) is 35.0 Å². The predicted molar refractivity (Wildman–Crippen MR) is 55.7 cm³/mol. The molecule has 1 unspecified atom stereocenters. The lowest BCUT2D eigenvalue weighted by molar-refractivity contribution is 0.519. The normalized spacial score (nSPS) is 12.6. The minimum Gasteiger partial charge on any atom is -0.438 e. The predicted octanol–water partition coefficient (Wildman–Crippen LogP) is 3.22. The largest absolute Gasteiger partial charge is 0.438 e. The fourth-order valence-corrected chi connectivity index (χ4v) is 1.61. The summed E-state index contributed by atoms with van der Waals surface area (Å²) < 4.78 is 6.33. The SMILES string of the molecule is CC(C#N)c1nc2cccc(Br)c2o1. The molecule has 0 aliphatic carbocycles. The maximum atomic E-state index is 8.72. The number of para-hydroxylation sites is 1. The van der Waals surface area contributed by atoms with Gasteiger partial charge in [0.2, 0.25) is 5.89 Å². The Labute approximate surface area is 89.5 Å². The molecular formula is C10H7BrN2O.